The first-order chi connectivity index (χ1) is 14.8. The molecule has 180 valence electrons. The largest absolute Gasteiger partial charge is 0.388 e. The third-order valence-corrected chi connectivity index (χ3v) is 8.46. The number of hydrogen-bond donors (Lipinski definition) is 5. The van der Waals surface area contributed by atoms with E-state index in [9.17, 15) is 24.8 Å². The van der Waals surface area contributed by atoms with Crippen molar-refractivity contribution in [1.29, 1.82) is 5.41 Å². The van der Waals surface area contributed by atoms with Crippen LogP contribution in [0.5, 0.6) is 0 Å². The second kappa shape index (κ2) is 8.60. The van der Waals surface area contributed by atoms with Gasteiger partial charge in [0.15, 0.2) is 22.7 Å². The number of nitrogens with zero attached hydrogens (tertiary/aromatic N) is 4. The van der Waals surface area contributed by atoms with E-state index in [2.05, 4.69) is 9.97 Å². The normalized spacial score (nSPS) is 26.5. The van der Waals surface area contributed by atoms with Gasteiger partial charge in [-0.2, -0.15) is 0 Å². The molecule has 3 rings (SSSR count). The first-order valence-corrected chi connectivity index (χ1v) is 12.0. The van der Waals surface area contributed by atoms with E-state index < -0.39 is 43.1 Å². The van der Waals surface area contributed by atoms with Gasteiger partial charge in [-0.15, -0.1) is 0 Å². The van der Waals surface area contributed by atoms with Gasteiger partial charge in [0.05, 0.1) is 24.4 Å². The maximum Gasteiger partial charge on any atom is 0.359 e. The monoisotopic (exact) mass is 473 g/mol. The van der Waals surface area contributed by atoms with Gasteiger partial charge in [0.2, 0.25) is 0 Å². The van der Waals surface area contributed by atoms with Crippen molar-refractivity contribution in [2.45, 2.75) is 82.4 Å². The summed E-state index contributed by atoms with van der Waals surface area (Å²) in [7, 11) is -2.77. The van der Waals surface area contributed by atoms with Crippen LogP contribution >= 0.6 is 7.60 Å². The first kappa shape index (κ1) is 25.0. The number of ether oxygens (including phenoxy) is 1. The Kier molecular flexibility index (Phi) is 6.71. The standard InChI is InChI=1S/C19H32N5O7P/c1-6-19(27,7-2)32(28,29)31-18(3,4)8-11-13(25)14(26)17(30-11)24-10-21-12-15(20)23(5)9-22-16(12)24/h9-11,13-14,17,20,25-27H,6-8H2,1-5H3,(H,28,29)/t11?,13-,14-,17-/m1/s1. The summed E-state index contributed by atoms with van der Waals surface area (Å²) in [5.41, 5.74) is -0.505. The van der Waals surface area contributed by atoms with E-state index in [1.165, 1.54) is 21.8 Å². The highest BCUT2D eigenvalue weighted by Gasteiger charge is 2.51. The van der Waals surface area contributed by atoms with E-state index >= 15 is 0 Å². The molecule has 32 heavy (non-hydrogen) atoms. The number of fused-ring (bicyclic) bond motifs is 1. The van der Waals surface area contributed by atoms with Crippen LogP contribution in [0.2, 0.25) is 0 Å². The zero-order valence-corrected chi connectivity index (χ0v) is 19.7. The molecule has 5 N–H and O–H groups in total. The Hall–Kier alpha value is -1.66. The van der Waals surface area contributed by atoms with Crippen molar-refractivity contribution in [1.82, 2.24) is 19.1 Å². The lowest BCUT2D eigenvalue weighted by molar-refractivity contribution is -0.0642. The molecule has 0 aromatic carbocycles. The second-order valence-electron chi connectivity index (χ2n) is 8.84. The lowest BCUT2D eigenvalue weighted by atomic mass is 9.97. The number of imidazole rings is 1. The number of rotatable bonds is 8. The van der Waals surface area contributed by atoms with E-state index in [1.54, 1.807) is 34.7 Å². The third kappa shape index (κ3) is 4.28. The number of nitrogens with one attached hydrogen (secondary N) is 1. The first-order valence-electron chi connectivity index (χ1n) is 10.5. The van der Waals surface area contributed by atoms with Gasteiger partial charge < -0.3 is 34.0 Å². The van der Waals surface area contributed by atoms with Crippen LogP contribution in [0.15, 0.2) is 12.7 Å². The van der Waals surface area contributed by atoms with Crippen LogP contribution in [0.25, 0.3) is 11.2 Å². The number of aliphatic hydroxyl groups is 3. The molecule has 1 fully saturated rings. The van der Waals surface area contributed by atoms with Crippen molar-refractivity contribution in [3.05, 3.63) is 18.1 Å². The predicted molar refractivity (Wildman–Crippen MR) is 113 cm³/mol. The van der Waals surface area contributed by atoms with Gasteiger partial charge >= 0.3 is 7.60 Å². The fraction of sp³-hybridized carbons (Fsp3) is 0.737. The predicted octanol–water partition coefficient (Wildman–Crippen LogP) is 0.748. The Morgan fingerprint density at radius 2 is 1.84 bits per heavy atom. The molecule has 0 amide bonds. The summed E-state index contributed by atoms with van der Waals surface area (Å²) in [5, 5.41) is 37.9. The van der Waals surface area contributed by atoms with E-state index in [4.69, 9.17) is 14.7 Å². The van der Waals surface area contributed by atoms with E-state index in [0.29, 0.717) is 11.2 Å². The summed E-state index contributed by atoms with van der Waals surface area (Å²) in [6.45, 7) is 6.30. The van der Waals surface area contributed by atoms with Crippen LogP contribution in [0.4, 0.5) is 0 Å². The highest BCUT2D eigenvalue weighted by molar-refractivity contribution is 7.54. The number of aliphatic hydroxyl groups excluding tert-OH is 2. The Labute approximate surface area is 185 Å². The smallest absolute Gasteiger partial charge is 0.359 e. The maximum absolute atomic E-state index is 12.8. The molecule has 5 atom stereocenters. The fourth-order valence-corrected chi connectivity index (χ4v) is 5.63. The molecule has 0 saturated carbocycles. The van der Waals surface area contributed by atoms with Gasteiger partial charge in [0.1, 0.15) is 17.7 Å². The molecular formula is C19H32N5O7P. The van der Waals surface area contributed by atoms with Crippen LogP contribution in [0, 0.1) is 5.41 Å². The minimum absolute atomic E-state index is 0.0332. The van der Waals surface area contributed by atoms with Crippen molar-refractivity contribution < 1.29 is 34.0 Å². The highest BCUT2D eigenvalue weighted by atomic mass is 31.2. The molecule has 0 bridgehead atoms. The molecule has 13 heteroatoms. The second-order valence-corrected chi connectivity index (χ2v) is 10.9. The van der Waals surface area contributed by atoms with Gasteiger partial charge in [-0.05, 0) is 26.7 Å². The summed E-state index contributed by atoms with van der Waals surface area (Å²) in [4.78, 5) is 18.8. The molecular weight excluding hydrogens is 441 g/mol. The molecule has 2 unspecified atom stereocenters. The summed E-state index contributed by atoms with van der Waals surface area (Å²) in [6.07, 6.45) is -1.75. The zero-order chi connectivity index (χ0) is 24.1. The fourth-order valence-electron chi connectivity index (χ4n) is 3.92. The molecule has 2 aromatic rings. The Balaban J connectivity index is 1.82. The van der Waals surface area contributed by atoms with Crippen molar-refractivity contribution in [3.8, 4) is 0 Å². The van der Waals surface area contributed by atoms with Gasteiger partial charge in [0, 0.05) is 13.5 Å². The maximum atomic E-state index is 12.8. The molecule has 3 heterocycles. The molecule has 0 aliphatic carbocycles. The molecule has 2 aromatic heterocycles. The van der Waals surface area contributed by atoms with E-state index in [-0.39, 0.29) is 24.8 Å². The minimum atomic E-state index is -4.43. The molecule has 12 nitrogen and oxygen atoms in total. The van der Waals surface area contributed by atoms with Crippen molar-refractivity contribution in [2.75, 3.05) is 0 Å². The highest BCUT2D eigenvalue weighted by Crippen LogP contribution is 2.60. The Morgan fingerprint density at radius 3 is 2.44 bits per heavy atom. The molecule has 0 spiro atoms. The van der Waals surface area contributed by atoms with Gasteiger partial charge in [-0.25, -0.2) is 9.97 Å². The average molecular weight is 473 g/mol. The number of aryl methyl sites for hydroxylation is 1. The van der Waals surface area contributed by atoms with Gasteiger partial charge in [-0.3, -0.25) is 14.5 Å². The van der Waals surface area contributed by atoms with E-state index in [0.717, 1.165) is 0 Å². The summed E-state index contributed by atoms with van der Waals surface area (Å²) >= 11 is 0. The van der Waals surface area contributed by atoms with Crippen molar-refractivity contribution in [2.24, 2.45) is 7.05 Å². The molecule has 1 aliphatic rings. The molecule has 0 radical (unpaired) electrons. The van der Waals surface area contributed by atoms with Crippen molar-refractivity contribution >= 4 is 18.8 Å². The summed E-state index contributed by atoms with van der Waals surface area (Å²) in [6, 6.07) is 0. The summed E-state index contributed by atoms with van der Waals surface area (Å²) in [5.74, 6) is 0. The summed E-state index contributed by atoms with van der Waals surface area (Å²) < 4.78 is 27.1. The quantitative estimate of drug-likeness (QED) is 0.346. The molecule has 1 saturated heterocycles. The van der Waals surface area contributed by atoms with Gasteiger partial charge in [0.25, 0.3) is 0 Å². The van der Waals surface area contributed by atoms with Crippen LogP contribution < -0.4 is 5.49 Å². The number of aromatic nitrogens is 4. The third-order valence-electron chi connectivity index (χ3n) is 6.03. The lowest BCUT2D eigenvalue weighted by Crippen LogP contribution is -2.39. The Bertz CT molecular complexity index is 1080. The minimum Gasteiger partial charge on any atom is -0.388 e. The number of hydrogen-bond acceptors (Lipinski definition) is 9. The van der Waals surface area contributed by atoms with Crippen LogP contribution in [0.3, 0.4) is 0 Å². The van der Waals surface area contributed by atoms with Gasteiger partial charge in [-0.1, -0.05) is 13.8 Å². The molecule has 1 aliphatic heterocycles. The van der Waals surface area contributed by atoms with Crippen molar-refractivity contribution in [3.63, 3.8) is 0 Å². The lowest BCUT2D eigenvalue weighted by Gasteiger charge is -2.37. The van der Waals surface area contributed by atoms with Crippen LogP contribution in [0.1, 0.15) is 53.2 Å². The van der Waals surface area contributed by atoms with Crippen LogP contribution in [-0.4, -0.2) is 68.6 Å². The van der Waals surface area contributed by atoms with E-state index in [1.807, 2.05) is 0 Å². The SMILES string of the molecule is CCC(O)(CC)P(=O)(O)OC(C)(C)CC1O[C@@H](n2cnc3c(=N)n(C)cnc32)[C@H](O)[C@@H]1O. The average Bonchev–Trinajstić information content (AvgIpc) is 3.25. The van der Waals surface area contributed by atoms with Crippen LogP contribution in [-0.2, 0) is 20.9 Å². The zero-order valence-electron chi connectivity index (χ0n) is 18.8. The topological polar surface area (TPSA) is 176 Å². The Morgan fingerprint density at radius 1 is 1.22 bits per heavy atom.